The maximum atomic E-state index is 6.02. The lowest BCUT2D eigenvalue weighted by Crippen LogP contribution is -2.58. The number of methoxy groups -OCH3 is 1. The molecule has 0 saturated heterocycles. The van der Waals surface area contributed by atoms with Crippen LogP contribution >= 0.6 is 0 Å². The number of nitrogens with zero attached hydrogens (tertiary/aromatic N) is 2. The van der Waals surface area contributed by atoms with Crippen LogP contribution in [0, 0.1) is 11.8 Å². The van der Waals surface area contributed by atoms with Gasteiger partial charge < -0.3 is 15.4 Å². The van der Waals surface area contributed by atoms with Crippen LogP contribution in [-0.2, 0) is 4.74 Å². The first-order chi connectivity index (χ1) is 7.60. The van der Waals surface area contributed by atoms with E-state index in [0.717, 1.165) is 19.0 Å². The van der Waals surface area contributed by atoms with Gasteiger partial charge in [-0.25, -0.2) is 0 Å². The standard InChI is InChI=1S/C12H23N3O/c1-9(2)12(8-16-3)7-14-11(13)15(12)6-10-4-5-10/h9-10H,4-8H2,1-3H3,(H2,13,14). The third-order valence-corrected chi connectivity index (χ3v) is 3.94. The Morgan fingerprint density at radius 2 is 2.25 bits per heavy atom. The van der Waals surface area contributed by atoms with E-state index in [2.05, 4.69) is 23.7 Å². The van der Waals surface area contributed by atoms with E-state index in [1.165, 1.54) is 12.8 Å². The molecule has 2 aliphatic rings. The van der Waals surface area contributed by atoms with Crippen LogP contribution in [-0.4, -0.2) is 43.2 Å². The zero-order chi connectivity index (χ0) is 11.8. The van der Waals surface area contributed by atoms with Crippen molar-refractivity contribution in [3.63, 3.8) is 0 Å². The molecule has 0 bridgehead atoms. The highest BCUT2D eigenvalue weighted by Gasteiger charge is 2.46. The number of nitrogens with two attached hydrogens (primary N) is 1. The molecular formula is C12H23N3O. The fourth-order valence-electron chi connectivity index (χ4n) is 2.49. The van der Waals surface area contributed by atoms with Crippen LogP contribution in [0.2, 0.25) is 0 Å². The molecule has 0 aromatic carbocycles. The van der Waals surface area contributed by atoms with Crippen LogP contribution < -0.4 is 5.73 Å². The van der Waals surface area contributed by atoms with Crippen LogP contribution in [0.3, 0.4) is 0 Å². The third kappa shape index (κ3) is 1.90. The van der Waals surface area contributed by atoms with Gasteiger partial charge in [0.15, 0.2) is 5.96 Å². The van der Waals surface area contributed by atoms with Gasteiger partial charge in [-0.2, -0.15) is 0 Å². The molecule has 0 amide bonds. The predicted molar refractivity (Wildman–Crippen MR) is 65.4 cm³/mol. The topological polar surface area (TPSA) is 50.9 Å². The number of guanidine groups is 1. The highest BCUT2D eigenvalue weighted by atomic mass is 16.5. The van der Waals surface area contributed by atoms with Crippen LogP contribution in [0.1, 0.15) is 26.7 Å². The summed E-state index contributed by atoms with van der Waals surface area (Å²) >= 11 is 0. The van der Waals surface area contributed by atoms with Crippen LogP contribution in [0.15, 0.2) is 4.99 Å². The monoisotopic (exact) mass is 225 g/mol. The average molecular weight is 225 g/mol. The van der Waals surface area contributed by atoms with Crippen molar-refractivity contribution in [2.24, 2.45) is 22.6 Å². The average Bonchev–Trinajstić information content (AvgIpc) is 2.99. The molecule has 1 aliphatic heterocycles. The molecule has 1 atom stereocenters. The summed E-state index contributed by atoms with van der Waals surface area (Å²) in [5.74, 6) is 2.02. The van der Waals surface area contributed by atoms with E-state index in [4.69, 9.17) is 10.5 Å². The molecule has 0 aromatic rings. The van der Waals surface area contributed by atoms with Crippen molar-refractivity contribution in [1.29, 1.82) is 0 Å². The maximum absolute atomic E-state index is 6.02. The van der Waals surface area contributed by atoms with E-state index in [1.807, 2.05) is 0 Å². The minimum absolute atomic E-state index is 0.0125. The molecule has 16 heavy (non-hydrogen) atoms. The molecule has 2 rings (SSSR count). The van der Waals surface area contributed by atoms with Crippen molar-refractivity contribution in [2.75, 3.05) is 26.8 Å². The molecule has 4 heteroatoms. The van der Waals surface area contributed by atoms with Crippen LogP contribution in [0.4, 0.5) is 0 Å². The highest BCUT2D eigenvalue weighted by Crippen LogP contribution is 2.36. The Bertz CT molecular complexity index is 286. The predicted octanol–water partition coefficient (Wildman–Crippen LogP) is 1.07. The van der Waals surface area contributed by atoms with Gasteiger partial charge in [-0.1, -0.05) is 13.8 Å². The van der Waals surface area contributed by atoms with Gasteiger partial charge in [0, 0.05) is 13.7 Å². The minimum Gasteiger partial charge on any atom is -0.382 e. The molecule has 4 nitrogen and oxygen atoms in total. The van der Waals surface area contributed by atoms with E-state index in [-0.39, 0.29) is 5.54 Å². The summed E-state index contributed by atoms with van der Waals surface area (Å²) < 4.78 is 5.40. The second-order valence-corrected chi connectivity index (χ2v) is 5.42. The fraction of sp³-hybridized carbons (Fsp3) is 0.917. The fourth-order valence-corrected chi connectivity index (χ4v) is 2.49. The molecule has 1 heterocycles. The second-order valence-electron chi connectivity index (χ2n) is 5.42. The van der Waals surface area contributed by atoms with Gasteiger partial charge in [0.1, 0.15) is 0 Å². The van der Waals surface area contributed by atoms with E-state index < -0.39 is 0 Å². The van der Waals surface area contributed by atoms with Gasteiger partial charge in [0.05, 0.1) is 18.7 Å². The third-order valence-electron chi connectivity index (χ3n) is 3.94. The van der Waals surface area contributed by atoms with Gasteiger partial charge in [0.2, 0.25) is 0 Å². The van der Waals surface area contributed by atoms with Gasteiger partial charge in [-0.3, -0.25) is 4.99 Å². The van der Waals surface area contributed by atoms with Crippen molar-refractivity contribution in [3.05, 3.63) is 0 Å². The Balaban J connectivity index is 2.15. The first-order valence-electron chi connectivity index (χ1n) is 6.16. The van der Waals surface area contributed by atoms with E-state index in [1.54, 1.807) is 7.11 Å². The molecule has 0 radical (unpaired) electrons. The number of hydrogen-bond donors (Lipinski definition) is 1. The van der Waals surface area contributed by atoms with Crippen molar-refractivity contribution in [1.82, 2.24) is 4.90 Å². The van der Waals surface area contributed by atoms with E-state index in [9.17, 15) is 0 Å². The van der Waals surface area contributed by atoms with Crippen LogP contribution in [0.25, 0.3) is 0 Å². The Morgan fingerprint density at radius 1 is 1.56 bits per heavy atom. The molecule has 1 aliphatic carbocycles. The Morgan fingerprint density at radius 3 is 2.75 bits per heavy atom. The maximum Gasteiger partial charge on any atom is 0.191 e. The Hall–Kier alpha value is -0.770. The SMILES string of the molecule is COCC1(C(C)C)CN=C(N)N1CC1CC1. The largest absolute Gasteiger partial charge is 0.382 e. The zero-order valence-corrected chi connectivity index (χ0v) is 10.6. The Labute approximate surface area is 97.9 Å². The molecule has 1 unspecified atom stereocenters. The van der Waals surface area contributed by atoms with E-state index in [0.29, 0.717) is 18.5 Å². The summed E-state index contributed by atoms with van der Waals surface area (Å²) in [4.78, 5) is 6.72. The lowest BCUT2D eigenvalue weighted by Gasteiger charge is -2.42. The summed E-state index contributed by atoms with van der Waals surface area (Å²) in [6, 6.07) is 0. The van der Waals surface area contributed by atoms with Crippen molar-refractivity contribution < 1.29 is 4.74 Å². The summed E-state index contributed by atoms with van der Waals surface area (Å²) in [6.07, 6.45) is 2.68. The summed E-state index contributed by atoms with van der Waals surface area (Å²) in [6.45, 7) is 7.00. The van der Waals surface area contributed by atoms with Gasteiger partial charge in [0.25, 0.3) is 0 Å². The first-order valence-corrected chi connectivity index (χ1v) is 6.16. The zero-order valence-electron chi connectivity index (χ0n) is 10.6. The summed E-state index contributed by atoms with van der Waals surface area (Å²) in [7, 11) is 1.76. The quantitative estimate of drug-likeness (QED) is 0.761. The summed E-state index contributed by atoms with van der Waals surface area (Å²) in [5, 5.41) is 0. The number of ether oxygens (including phenoxy) is 1. The molecule has 0 spiro atoms. The van der Waals surface area contributed by atoms with Crippen molar-refractivity contribution in [3.8, 4) is 0 Å². The Kier molecular flexibility index (Phi) is 3.10. The van der Waals surface area contributed by atoms with Crippen LogP contribution in [0.5, 0.6) is 0 Å². The highest BCUT2D eigenvalue weighted by molar-refractivity contribution is 5.81. The smallest absolute Gasteiger partial charge is 0.191 e. The van der Waals surface area contributed by atoms with Gasteiger partial charge in [-0.15, -0.1) is 0 Å². The van der Waals surface area contributed by atoms with Crippen molar-refractivity contribution in [2.45, 2.75) is 32.2 Å². The summed E-state index contributed by atoms with van der Waals surface area (Å²) in [5.41, 5.74) is 6.01. The lowest BCUT2D eigenvalue weighted by atomic mass is 9.86. The number of hydrogen-bond acceptors (Lipinski definition) is 4. The molecule has 1 saturated carbocycles. The molecule has 1 fully saturated rings. The normalized spacial score (nSPS) is 30.0. The molecule has 92 valence electrons. The lowest BCUT2D eigenvalue weighted by molar-refractivity contribution is 0.0321. The number of rotatable bonds is 5. The van der Waals surface area contributed by atoms with Crippen molar-refractivity contribution >= 4 is 5.96 Å². The second kappa shape index (κ2) is 4.24. The van der Waals surface area contributed by atoms with Gasteiger partial charge in [-0.05, 0) is 24.7 Å². The number of aliphatic imine (C=N–C) groups is 1. The first kappa shape index (κ1) is 11.7. The van der Waals surface area contributed by atoms with Gasteiger partial charge >= 0.3 is 0 Å². The minimum atomic E-state index is -0.0125. The molecule has 2 N–H and O–H groups in total. The molecular weight excluding hydrogens is 202 g/mol. The molecule has 0 aromatic heterocycles. The van der Waals surface area contributed by atoms with E-state index >= 15 is 0 Å².